The molecule has 8 heterocycles. The van der Waals surface area contributed by atoms with Gasteiger partial charge in [-0.05, 0) is 218 Å². The highest BCUT2D eigenvalue weighted by Crippen LogP contribution is 2.55. The minimum Gasteiger partial charge on any atom is -0.456 e. The molecule has 28 aromatic rings. The fraction of sp³-hybridized carbons (Fsp3) is 0.0451. The molecule has 0 atom stereocenters. The fourth-order valence-electron chi connectivity index (χ4n) is 23.5. The van der Waals surface area contributed by atoms with Gasteiger partial charge in [-0.2, -0.15) is 0 Å². The number of rotatable bonds is 12. The predicted molar refractivity (Wildman–Crippen MR) is 592 cm³/mol. The number of benzene rings is 20. The standard InChI is InChI=1S/C67H44N4O.C66H43N5O/c1-67(2)56-27-14-12-25-48(56)50-36-53-51-34-44(43-29-31-60-52(35-43)54-37-55-49-26-13-15-28-64(49)72-65(55)40-63(54)70(60)46-22-10-5-11-23-46)30-32-61(51)71(62(53)38-57(50)67)47-24-16-21-45(33-47)59-39-58(41-17-6-3-7-18-41)68-66(69-59)42-19-8-4-9-20-42;1-66(2)55-27-14-12-25-47(55)49-36-52-50-34-43(42-29-31-57-51(35-42)53-37-54-48-26-13-15-28-61(48)72-62(54)39-60(53)70(57)45-22-10-5-11-23-45)30-32-58(50)71(59(52)38-56(49)66)46-24-16-21-44(33-46)65-68-63(40-17-6-3-7-18-40)67-64(69-65)41-19-8-4-9-20-41/h3-40H,1-2H3;3-39H,1-2H3. The number of para-hydroxylation sites is 4. The van der Waals surface area contributed by atoms with Crippen LogP contribution in [-0.4, -0.2) is 43.2 Å². The lowest BCUT2D eigenvalue weighted by molar-refractivity contribution is 0.661. The minimum atomic E-state index is -0.177. The van der Waals surface area contributed by atoms with E-state index in [2.05, 4.69) is 428 Å². The molecule has 2 aliphatic carbocycles. The Hall–Kier alpha value is -18.7. The van der Waals surface area contributed by atoms with Gasteiger partial charge in [-0.3, -0.25) is 0 Å². The Bertz CT molecular complexity index is 9510. The van der Waals surface area contributed by atoms with Crippen molar-refractivity contribution in [2.45, 2.75) is 38.5 Å². The first-order chi connectivity index (χ1) is 70.8. The average Bonchev–Trinajstić information content (AvgIpc) is 1.55. The summed E-state index contributed by atoms with van der Waals surface area (Å²) in [6.07, 6.45) is 0. The fourth-order valence-corrected chi connectivity index (χ4v) is 23.5. The van der Waals surface area contributed by atoms with Crippen molar-refractivity contribution in [1.29, 1.82) is 0 Å². The maximum absolute atomic E-state index is 6.46. The number of nitrogens with zero attached hydrogens (tertiary/aromatic N) is 9. The number of hydrogen-bond donors (Lipinski definition) is 0. The Kier molecular flexibility index (Phi) is 18.3. The van der Waals surface area contributed by atoms with Crippen LogP contribution in [0.4, 0.5) is 0 Å². The van der Waals surface area contributed by atoms with E-state index < -0.39 is 0 Å². The summed E-state index contributed by atoms with van der Waals surface area (Å²) in [5.74, 6) is 2.59. The molecule has 0 radical (unpaired) electrons. The van der Waals surface area contributed by atoms with Crippen molar-refractivity contribution in [2.75, 3.05) is 0 Å². The second-order valence-corrected chi connectivity index (χ2v) is 39.4. The van der Waals surface area contributed by atoms with Crippen molar-refractivity contribution in [3.05, 3.63) is 477 Å². The van der Waals surface area contributed by atoms with Gasteiger partial charge in [-0.1, -0.05) is 319 Å². The lowest BCUT2D eigenvalue weighted by atomic mass is 9.82. The van der Waals surface area contributed by atoms with Crippen LogP contribution in [-0.2, 0) is 10.8 Å². The first kappa shape index (κ1) is 82.4. The summed E-state index contributed by atoms with van der Waals surface area (Å²) in [6.45, 7) is 9.44. The molecular weight excluding hydrogens is 1760 g/mol. The van der Waals surface area contributed by atoms with Crippen molar-refractivity contribution >= 4 is 131 Å². The molecule has 20 aromatic carbocycles. The van der Waals surface area contributed by atoms with Crippen LogP contribution >= 0.6 is 0 Å². The SMILES string of the molecule is CC1(C)c2ccccc2-c2cc3c4cc(-c5ccc6c(c5)c5cc7c(cc5n6-c5ccccc5)oc5ccccc57)ccc4n(-c4cccc(-c5cc(-c6ccccc6)nc(-c6ccccc6)n5)c4)c3cc21.CC1(C)c2ccccc2-c2cc3c4cc(-c5ccc6c(c5)c5cc7c(cc5n6-c5ccccc5)oc5ccccc57)ccc4n(-c4cccc(-c5nc(-c6ccccc6)nc(-c6ccccc6)n5)c4)c3cc21. The second-order valence-electron chi connectivity index (χ2n) is 39.4. The first-order valence-corrected chi connectivity index (χ1v) is 49.3. The summed E-state index contributed by atoms with van der Waals surface area (Å²) in [7, 11) is 0. The van der Waals surface area contributed by atoms with Crippen LogP contribution in [0.15, 0.2) is 464 Å². The van der Waals surface area contributed by atoms with Gasteiger partial charge in [0, 0.05) is 144 Å². The largest absolute Gasteiger partial charge is 0.456 e. The molecule has 0 saturated carbocycles. The summed E-state index contributed by atoms with van der Waals surface area (Å²) in [5, 5.41) is 14.1. The van der Waals surface area contributed by atoms with Crippen LogP contribution < -0.4 is 0 Å². The van der Waals surface area contributed by atoms with Crippen molar-refractivity contribution in [2.24, 2.45) is 0 Å². The van der Waals surface area contributed by atoms with Crippen LogP contribution in [0.25, 0.3) is 266 Å². The lowest BCUT2D eigenvalue weighted by Crippen LogP contribution is -2.15. The van der Waals surface area contributed by atoms with Crippen molar-refractivity contribution in [3.63, 3.8) is 0 Å². The molecule has 11 nitrogen and oxygen atoms in total. The van der Waals surface area contributed by atoms with E-state index in [4.69, 9.17) is 33.8 Å². The molecular formula is C133H87N9O2. The Labute approximate surface area is 828 Å². The number of hydrogen-bond acceptors (Lipinski definition) is 7. The molecule has 676 valence electrons. The van der Waals surface area contributed by atoms with Crippen molar-refractivity contribution < 1.29 is 8.83 Å². The molecule has 0 fully saturated rings. The van der Waals surface area contributed by atoms with Crippen LogP contribution in [0.1, 0.15) is 49.9 Å². The van der Waals surface area contributed by atoms with E-state index in [1.54, 1.807) is 0 Å². The van der Waals surface area contributed by atoms with Gasteiger partial charge in [0.1, 0.15) is 22.3 Å². The number of fused-ring (bicyclic) bond motifs is 24. The van der Waals surface area contributed by atoms with E-state index in [-0.39, 0.29) is 10.8 Å². The van der Waals surface area contributed by atoms with Crippen LogP contribution in [0.5, 0.6) is 0 Å². The van der Waals surface area contributed by atoms with Gasteiger partial charge in [-0.25, -0.2) is 24.9 Å². The maximum Gasteiger partial charge on any atom is 0.164 e. The monoisotopic (exact) mass is 1840 g/mol. The highest BCUT2D eigenvalue weighted by molar-refractivity contribution is 6.21. The van der Waals surface area contributed by atoms with Gasteiger partial charge in [0.25, 0.3) is 0 Å². The Morgan fingerprint density at radius 1 is 0.167 bits per heavy atom. The van der Waals surface area contributed by atoms with Gasteiger partial charge in [0.05, 0.1) is 55.5 Å². The third kappa shape index (κ3) is 13.0. The van der Waals surface area contributed by atoms with Gasteiger partial charge in [-0.15, -0.1) is 0 Å². The highest BCUT2D eigenvalue weighted by Gasteiger charge is 2.39. The summed E-state index contributed by atoms with van der Waals surface area (Å²) < 4.78 is 22.6. The second kappa shape index (κ2) is 31.9. The number of aromatic nitrogens is 9. The van der Waals surface area contributed by atoms with Crippen molar-refractivity contribution in [3.8, 4) is 135 Å². The number of furan rings is 2. The van der Waals surface area contributed by atoms with E-state index in [0.717, 1.165) is 172 Å². The first-order valence-electron chi connectivity index (χ1n) is 49.3. The Morgan fingerprint density at radius 3 is 0.882 bits per heavy atom. The highest BCUT2D eigenvalue weighted by atomic mass is 16.3. The van der Waals surface area contributed by atoms with Gasteiger partial charge in [0.2, 0.25) is 0 Å². The zero-order valence-corrected chi connectivity index (χ0v) is 79.1. The minimum absolute atomic E-state index is 0.167. The summed E-state index contributed by atoms with van der Waals surface area (Å²) >= 11 is 0. The van der Waals surface area contributed by atoms with Gasteiger partial charge in [0.15, 0.2) is 23.3 Å². The Balaban J connectivity index is 0.000000137. The molecule has 0 N–H and O–H groups in total. The zero-order valence-electron chi connectivity index (χ0n) is 79.1. The normalized spacial score (nSPS) is 13.0. The predicted octanol–water partition coefficient (Wildman–Crippen LogP) is 34.5. The van der Waals surface area contributed by atoms with Gasteiger partial charge >= 0.3 is 0 Å². The zero-order chi connectivity index (χ0) is 95.3. The lowest BCUT2D eigenvalue weighted by Gasteiger charge is -2.21. The molecule has 0 unspecified atom stereocenters. The third-order valence-corrected chi connectivity index (χ3v) is 30.4. The Morgan fingerprint density at radius 2 is 0.465 bits per heavy atom. The van der Waals surface area contributed by atoms with E-state index >= 15 is 0 Å². The molecule has 0 amide bonds. The third-order valence-electron chi connectivity index (χ3n) is 30.4. The van der Waals surface area contributed by atoms with E-state index in [1.165, 1.54) is 93.1 Å². The maximum atomic E-state index is 6.46. The average molecular weight is 1840 g/mol. The molecule has 0 aliphatic heterocycles. The summed E-state index contributed by atoms with van der Waals surface area (Å²) in [5.41, 5.74) is 39.5. The van der Waals surface area contributed by atoms with Crippen molar-refractivity contribution in [1.82, 2.24) is 43.2 Å². The molecule has 0 saturated heterocycles. The summed E-state index contributed by atoms with van der Waals surface area (Å²) in [6, 6.07) is 163. The van der Waals surface area contributed by atoms with E-state index in [1.807, 2.05) is 72.8 Å². The van der Waals surface area contributed by atoms with Crippen LogP contribution in [0.3, 0.4) is 0 Å². The quantitative estimate of drug-likeness (QED) is 0.120. The molecule has 30 rings (SSSR count). The molecule has 144 heavy (non-hydrogen) atoms. The molecule has 0 bridgehead atoms. The molecule has 2 aliphatic rings. The van der Waals surface area contributed by atoms with Crippen LogP contribution in [0, 0.1) is 0 Å². The van der Waals surface area contributed by atoms with Crippen LogP contribution in [0.2, 0.25) is 0 Å². The van der Waals surface area contributed by atoms with E-state index in [0.29, 0.717) is 23.3 Å². The smallest absolute Gasteiger partial charge is 0.164 e. The summed E-state index contributed by atoms with van der Waals surface area (Å²) in [4.78, 5) is 25.6. The molecule has 0 spiro atoms. The van der Waals surface area contributed by atoms with E-state index in [9.17, 15) is 0 Å². The topological polar surface area (TPSA) is 110 Å². The van der Waals surface area contributed by atoms with Gasteiger partial charge < -0.3 is 27.1 Å². The molecule has 8 aromatic heterocycles. The molecule has 11 heteroatoms.